The maximum atomic E-state index is 13.4. The SMILES string of the molecule is O=C(Nc1ccccc1Br)c1cnn2c1NC(=C1C=C1)C=C2C(F)F. The van der Waals surface area contributed by atoms with Gasteiger partial charge in [-0.25, -0.2) is 13.5 Å². The summed E-state index contributed by atoms with van der Waals surface area (Å²) in [5.41, 5.74) is 1.84. The molecule has 1 aromatic carbocycles. The van der Waals surface area contributed by atoms with E-state index in [0.29, 0.717) is 11.4 Å². The predicted molar refractivity (Wildman–Crippen MR) is 94.4 cm³/mol. The summed E-state index contributed by atoms with van der Waals surface area (Å²) in [7, 11) is 0. The van der Waals surface area contributed by atoms with E-state index in [1.807, 2.05) is 6.07 Å². The van der Waals surface area contributed by atoms with Gasteiger partial charge in [0.2, 0.25) is 0 Å². The number of hydrogen-bond donors (Lipinski definition) is 2. The molecule has 0 saturated carbocycles. The molecule has 0 spiro atoms. The Labute approximate surface area is 149 Å². The third-order valence-corrected chi connectivity index (χ3v) is 4.49. The highest BCUT2D eigenvalue weighted by molar-refractivity contribution is 9.10. The van der Waals surface area contributed by atoms with Gasteiger partial charge in [-0.1, -0.05) is 24.3 Å². The lowest BCUT2D eigenvalue weighted by atomic mass is 10.2. The Morgan fingerprint density at radius 3 is 2.72 bits per heavy atom. The lowest BCUT2D eigenvalue weighted by molar-refractivity contribution is 0.102. The summed E-state index contributed by atoms with van der Waals surface area (Å²) in [4.78, 5) is 12.6. The summed E-state index contributed by atoms with van der Waals surface area (Å²) >= 11 is 3.35. The van der Waals surface area contributed by atoms with Crippen LogP contribution in [0.4, 0.5) is 20.3 Å². The zero-order valence-electron chi connectivity index (χ0n) is 12.6. The van der Waals surface area contributed by atoms with Gasteiger partial charge in [0.05, 0.1) is 11.9 Å². The van der Waals surface area contributed by atoms with Gasteiger partial charge in [0.25, 0.3) is 12.3 Å². The predicted octanol–water partition coefficient (Wildman–Crippen LogP) is 4.25. The average Bonchev–Trinajstić information content (AvgIpc) is 3.35. The molecule has 0 unspecified atom stereocenters. The fourth-order valence-corrected chi connectivity index (χ4v) is 2.87. The number of para-hydroxylation sites is 1. The second-order valence-corrected chi connectivity index (χ2v) is 6.30. The van der Waals surface area contributed by atoms with E-state index in [4.69, 9.17) is 0 Å². The molecule has 1 aliphatic heterocycles. The van der Waals surface area contributed by atoms with Gasteiger partial charge in [-0.15, -0.1) is 0 Å². The summed E-state index contributed by atoms with van der Waals surface area (Å²) in [5.74, 6) is -0.220. The van der Waals surface area contributed by atoms with Crippen molar-refractivity contribution in [3.05, 3.63) is 70.0 Å². The van der Waals surface area contributed by atoms with E-state index >= 15 is 0 Å². The number of fused-ring (bicyclic) bond motifs is 1. The third kappa shape index (κ3) is 2.89. The topological polar surface area (TPSA) is 59.0 Å². The minimum absolute atomic E-state index is 0.181. The number of carbonyl (C=O) groups is 1. The molecule has 2 heterocycles. The third-order valence-electron chi connectivity index (χ3n) is 3.79. The Hall–Kier alpha value is -2.74. The largest absolute Gasteiger partial charge is 0.339 e. The van der Waals surface area contributed by atoms with Gasteiger partial charge < -0.3 is 10.6 Å². The molecule has 1 aliphatic carbocycles. The van der Waals surface area contributed by atoms with E-state index in [0.717, 1.165) is 14.7 Å². The number of nitrogens with one attached hydrogen (secondary N) is 2. The van der Waals surface area contributed by atoms with Gasteiger partial charge >= 0.3 is 0 Å². The van der Waals surface area contributed by atoms with Crippen LogP contribution in [0.2, 0.25) is 0 Å². The van der Waals surface area contributed by atoms with Crippen molar-refractivity contribution >= 4 is 39.0 Å². The molecule has 0 atom stereocenters. The summed E-state index contributed by atoms with van der Waals surface area (Å²) in [6.07, 6.45) is 3.51. The second kappa shape index (κ2) is 5.96. The normalized spacial score (nSPS) is 15.0. The van der Waals surface area contributed by atoms with Crippen molar-refractivity contribution in [2.45, 2.75) is 6.43 Å². The van der Waals surface area contributed by atoms with Crippen molar-refractivity contribution in [2.24, 2.45) is 0 Å². The Balaban J connectivity index is 1.70. The molecule has 25 heavy (non-hydrogen) atoms. The molecule has 2 aromatic rings. The maximum Gasteiger partial charge on any atom is 0.280 e. The first-order chi connectivity index (χ1) is 12.0. The average molecular weight is 405 g/mol. The molecule has 0 fully saturated rings. The lowest BCUT2D eigenvalue weighted by Gasteiger charge is -2.20. The molecule has 8 heteroatoms. The number of hydrogen-bond acceptors (Lipinski definition) is 3. The first-order valence-corrected chi connectivity index (χ1v) is 8.17. The van der Waals surface area contributed by atoms with Gasteiger partial charge in [-0.3, -0.25) is 4.79 Å². The van der Waals surface area contributed by atoms with Gasteiger partial charge in [-0.2, -0.15) is 5.10 Å². The van der Waals surface area contributed by atoms with E-state index in [2.05, 4.69) is 31.7 Å². The summed E-state index contributed by atoms with van der Waals surface area (Å²) < 4.78 is 28.5. The summed E-state index contributed by atoms with van der Waals surface area (Å²) in [5, 5.41) is 9.71. The molecule has 2 aliphatic rings. The number of allylic oxidation sites excluding steroid dienone is 5. The molecule has 126 valence electrons. The van der Waals surface area contributed by atoms with E-state index in [1.54, 1.807) is 30.4 Å². The van der Waals surface area contributed by atoms with Crippen molar-refractivity contribution in [1.82, 2.24) is 9.78 Å². The van der Waals surface area contributed by atoms with Gasteiger partial charge in [0, 0.05) is 10.2 Å². The van der Waals surface area contributed by atoms with Gasteiger partial charge in [0.1, 0.15) is 17.1 Å². The van der Waals surface area contributed by atoms with Crippen LogP contribution in [0.5, 0.6) is 0 Å². The highest BCUT2D eigenvalue weighted by atomic mass is 79.9. The van der Waals surface area contributed by atoms with Crippen LogP contribution in [0.3, 0.4) is 0 Å². The zero-order chi connectivity index (χ0) is 17.6. The molecule has 0 bridgehead atoms. The minimum Gasteiger partial charge on any atom is -0.339 e. The number of amides is 1. The maximum absolute atomic E-state index is 13.4. The molecule has 5 nitrogen and oxygen atoms in total. The Kier molecular flexibility index (Phi) is 3.76. The fraction of sp³-hybridized carbons (Fsp3) is 0.0588. The standard InChI is InChI=1S/C17H11BrF2N4O/c18-11-3-1-2-4-12(11)23-17(25)10-8-21-24-14(15(19)20)7-13(9-5-6-9)22-16(10)24/h1-8,15,22H,(H,23,25). The Morgan fingerprint density at radius 1 is 1.28 bits per heavy atom. The number of carbonyl (C=O) groups excluding carboxylic acids is 1. The van der Waals surface area contributed by atoms with Crippen LogP contribution in [0.15, 0.2) is 64.4 Å². The number of anilines is 2. The van der Waals surface area contributed by atoms with E-state index < -0.39 is 12.3 Å². The number of rotatable bonds is 3. The van der Waals surface area contributed by atoms with Crippen molar-refractivity contribution in [3.63, 3.8) is 0 Å². The fourth-order valence-electron chi connectivity index (χ4n) is 2.49. The molecule has 4 rings (SSSR count). The number of alkyl halides is 2. The van der Waals surface area contributed by atoms with Crippen molar-refractivity contribution in [1.29, 1.82) is 0 Å². The lowest BCUT2D eigenvalue weighted by Crippen LogP contribution is -2.20. The zero-order valence-corrected chi connectivity index (χ0v) is 14.2. The first kappa shape index (κ1) is 15.8. The van der Waals surface area contributed by atoms with Crippen LogP contribution in [0, 0.1) is 0 Å². The smallest absolute Gasteiger partial charge is 0.280 e. The first-order valence-electron chi connectivity index (χ1n) is 7.38. The van der Waals surface area contributed by atoms with Gasteiger partial charge in [0.15, 0.2) is 0 Å². The molecule has 2 N–H and O–H groups in total. The number of halogens is 3. The minimum atomic E-state index is -2.71. The Morgan fingerprint density at radius 2 is 2.04 bits per heavy atom. The van der Waals surface area contributed by atoms with Crippen LogP contribution in [-0.4, -0.2) is 22.1 Å². The van der Waals surface area contributed by atoms with E-state index in [1.165, 1.54) is 12.3 Å². The van der Waals surface area contributed by atoms with E-state index in [-0.39, 0.29) is 17.1 Å². The molecular weight excluding hydrogens is 394 g/mol. The van der Waals surface area contributed by atoms with E-state index in [9.17, 15) is 13.6 Å². The summed E-state index contributed by atoms with van der Waals surface area (Å²) in [6.45, 7) is 0. The monoisotopic (exact) mass is 404 g/mol. The molecule has 1 amide bonds. The van der Waals surface area contributed by atoms with Crippen LogP contribution >= 0.6 is 15.9 Å². The number of benzene rings is 1. The molecule has 1 aromatic heterocycles. The molecular formula is C17H11BrF2N4O. The number of aromatic nitrogens is 2. The highest BCUT2D eigenvalue weighted by Crippen LogP contribution is 2.34. The van der Waals surface area contributed by atoms with Crippen LogP contribution < -0.4 is 10.6 Å². The van der Waals surface area contributed by atoms with Crippen molar-refractivity contribution in [2.75, 3.05) is 10.6 Å². The number of nitrogens with zero attached hydrogens (tertiary/aromatic N) is 2. The van der Waals surface area contributed by atoms with Crippen LogP contribution in [-0.2, 0) is 0 Å². The highest BCUT2D eigenvalue weighted by Gasteiger charge is 2.29. The summed E-state index contributed by atoms with van der Waals surface area (Å²) in [6, 6.07) is 7.13. The molecule has 0 saturated heterocycles. The molecule has 0 radical (unpaired) electrons. The Bertz CT molecular complexity index is 967. The van der Waals surface area contributed by atoms with Crippen molar-refractivity contribution in [3.8, 4) is 0 Å². The van der Waals surface area contributed by atoms with Crippen LogP contribution in [0.25, 0.3) is 5.70 Å². The van der Waals surface area contributed by atoms with Gasteiger partial charge in [-0.05, 0) is 39.7 Å². The van der Waals surface area contributed by atoms with Crippen molar-refractivity contribution < 1.29 is 13.6 Å². The van der Waals surface area contributed by atoms with Crippen LogP contribution in [0.1, 0.15) is 10.4 Å². The quantitative estimate of drug-likeness (QED) is 0.803. The second-order valence-electron chi connectivity index (χ2n) is 5.45.